The number of benzene rings is 1. The molecule has 2 aromatic rings. The van der Waals surface area contributed by atoms with Gasteiger partial charge in [0.25, 0.3) is 0 Å². The van der Waals surface area contributed by atoms with Crippen LogP contribution in [0.1, 0.15) is 36.1 Å². The number of carbonyl (C=O) groups is 1. The number of hydrogen-bond acceptors (Lipinski definition) is 6. The van der Waals surface area contributed by atoms with Gasteiger partial charge in [0.1, 0.15) is 5.01 Å². The highest BCUT2D eigenvalue weighted by Gasteiger charge is 2.23. The first-order valence-corrected chi connectivity index (χ1v) is 7.57. The van der Waals surface area contributed by atoms with Gasteiger partial charge in [-0.05, 0) is 39.0 Å². The Hall–Kier alpha value is -2.08. The maximum absolute atomic E-state index is 11.9. The van der Waals surface area contributed by atoms with E-state index in [1.165, 1.54) is 0 Å². The largest absolute Gasteiger partial charge is 0.462 e. The van der Waals surface area contributed by atoms with E-state index in [2.05, 4.69) is 10.3 Å². The molecule has 1 heterocycles. The molecule has 0 aliphatic carbocycles. The maximum Gasteiger partial charge on any atom is 0.340 e. The first-order valence-electron chi connectivity index (χ1n) is 6.69. The van der Waals surface area contributed by atoms with Crippen molar-refractivity contribution in [1.29, 1.82) is 0 Å². The van der Waals surface area contributed by atoms with Crippen molar-refractivity contribution in [3.63, 3.8) is 0 Å². The summed E-state index contributed by atoms with van der Waals surface area (Å²) in [6.45, 7) is 6.15. The van der Waals surface area contributed by atoms with Gasteiger partial charge < -0.3 is 15.8 Å². The van der Waals surface area contributed by atoms with Gasteiger partial charge in [0.2, 0.25) is 0 Å². The van der Waals surface area contributed by atoms with Gasteiger partial charge in [0, 0.05) is 23.0 Å². The van der Waals surface area contributed by atoms with Crippen molar-refractivity contribution < 1.29 is 9.53 Å². The Morgan fingerprint density at radius 3 is 2.86 bits per heavy atom. The normalized spacial score (nSPS) is 11.2. The van der Waals surface area contributed by atoms with Gasteiger partial charge in [-0.1, -0.05) is 0 Å². The summed E-state index contributed by atoms with van der Waals surface area (Å²) in [6.07, 6.45) is 1.77. The van der Waals surface area contributed by atoms with Crippen molar-refractivity contribution in [3.8, 4) is 0 Å². The van der Waals surface area contributed by atoms with E-state index in [4.69, 9.17) is 10.5 Å². The van der Waals surface area contributed by atoms with Gasteiger partial charge >= 0.3 is 5.97 Å². The third-order valence-electron chi connectivity index (χ3n) is 2.97. The third-order valence-corrected chi connectivity index (χ3v) is 4.07. The molecule has 0 amide bonds. The van der Waals surface area contributed by atoms with Crippen molar-refractivity contribution in [2.45, 2.75) is 26.3 Å². The molecule has 5 nitrogen and oxygen atoms in total. The summed E-state index contributed by atoms with van der Waals surface area (Å²) in [7, 11) is 0. The number of hydrogen-bond donors (Lipinski definition) is 2. The second-order valence-corrected chi connectivity index (χ2v) is 6.00. The molecule has 1 aromatic carbocycles. The second-order valence-electron chi connectivity index (χ2n) is 5.11. The number of ether oxygens (including phenoxy) is 1. The fraction of sp³-hybridized carbons (Fsp3) is 0.333. The minimum Gasteiger partial charge on any atom is -0.462 e. The number of nitrogens with one attached hydrogen (secondary N) is 1. The van der Waals surface area contributed by atoms with Crippen LogP contribution < -0.4 is 11.1 Å². The van der Waals surface area contributed by atoms with Crippen LogP contribution in [0.15, 0.2) is 29.8 Å². The molecule has 1 aromatic heterocycles. The number of carbonyl (C=O) groups excluding carboxylic acids is 1. The lowest BCUT2D eigenvalue weighted by atomic mass is 10.1. The van der Waals surface area contributed by atoms with E-state index in [1.807, 2.05) is 25.3 Å². The molecule has 3 N–H and O–H groups in total. The van der Waals surface area contributed by atoms with Crippen molar-refractivity contribution in [3.05, 3.63) is 40.3 Å². The van der Waals surface area contributed by atoms with Crippen LogP contribution in [0.4, 0.5) is 11.4 Å². The highest BCUT2D eigenvalue weighted by atomic mass is 32.1. The van der Waals surface area contributed by atoms with Crippen LogP contribution in [-0.4, -0.2) is 17.6 Å². The molecule has 0 atom stereocenters. The summed E-state index contributed by atoms with van der Waals surface area (Å²) in [4.78, 5) is 16.2. The Labute approximate surface area is 128 Å². The molecule has 0 aliphatic rings. The Morgan fingerprint density at radius 2 is 2.24 bits per heavy atom. The van der Waals surface area contributed by atoms with E-state index >= 15 is 0 Å². The number of nitrogen functional groups attached to an aromatic ring is 1. The number of nitrogens with two attached hydrogens (primary N) is 1. The summed E-state index contributed by atoms with van der Waals surface area (Å²) in [6, 6.07) is 5.25. The monoisotopic (exact) mass is 305 g/mol. The van der Waals surface area contributed by atoms with Gasteiger partial charge in [-0.3, -0.25) is 0 Å². The molecule has 6 heteroatoms. The summed E-state index contributed by atoms with van der Waals surface area (Å²) >= 11 is 1.58. The average Bonchev–Trinajstić information content (AvgIpc) is 2.96. The van der Waals surface area contributed by atoms with Crippen LogP contribution in [0.2, 0.25) is 0 Å². The fourth-order valence-corrected chi connectivity index (χ4v) is 2.68. The van der Waals surface area contributed by atoms with Crippen molar-refractivity contribution in [2.75, 3.05) is 17.7 Å². The first kappa shape index (κ1) is 15.3. The van der Waals surface area contributed by atoms with Crippen LogP contribution >= 0.6 is 11.3 Å². The van der Waals surface area contributed by atoms with Gasteiger partial charge in [-0.15, -0.1) is 11.3 Å². The highest BCUT2D eigenvalue weighted by Crippen LogP contribution is 2.28. The van der Waals surface area contributed by atoms with E-state index in [1.54, 1.807) is 36.6 Å². The Morgan fingerprint density at radius 1 is 1.48 bits per heavy atom. The molecule has 0 bridgehead atoms. The van der Waals surface area contributed by atoms with Crippen molar-refractivity contribution >= 4 is 28.7 Å². The Kier molecular flexibility index (Phi) is 4.47. The predicted octanol–water partition coefficient (Wildman–Crippen LogP) is 3.25. The number of anilines is 2. The number of rotatable bonds is 5. The zero-order valence-corrected chi connectivity index (χ0v) is 13.2. The molecule has 112 valence electrons. The van der Waals surface area contributed by atoms with Crippen LogP contribution in [0.5, 0.6) is 0 Å². The van der Waals surface area contributed by atoms with Crippen LogP contribution in [0, 0.1) is 0 Å². The number of nitrogens with zero attached hydrogens (tertiary/aromatic N) is 1. The predicted molar refractivity (Wildman–Crippen MR) is 85.6 cm³/mol. The zero-order chi connectivity index (χ0) is 15.5. The number of aromatic nitrogens is 1. The van der Waals surface area contributed by atoms with Gasteiger partial charge in [0.05, 0.1) is 17.7 Å². The molecular formula is C15H19N3O2S. The van der Waals surface area contributed by atoms with E-state index in [0.717, 1.165) is 10.7 Å². The van der Waals surface area contributed by atoms with E-state index in [9.17, 15) is 4.79 Å². The molecule has 0 fully saturated rings. The summed E-state index contributed by atoms with van der Waals surface area (Å²) < 4.78 is 5.01. The molecule has 21 heavy (non-hydrogen) atoms. The first-order chi connectivity index (χ1) is 9.94. The Balaban J connectivity index is 2.25. The van der Waals surface area contributed by atoms with Crippen LogP contribution in [0.3, 0.4) is 0 Å². The lowest BCUT2D eigenvalue weighted by molar-refractivity contribution is 0.0527. The molecule has 0 saturated carbocycles. The summed E-state index contributed by atoms with van der Waals surface area (Å²) in [5.74, 6) is -0.411. The SMILES string of the molecule is CCOC(=O)c1cc(NC(C)(C)c2nccs2)ccc1N. The van der Waals surface area contributed by atoms with Crippen molar-refractivity contribution in [1.82, 2.24) is 4.98 Å². The lowest BCUT2D eigenvalue weighted by Crippen LogP contribution is -2.27. The Bertz CT molecular complexity index is 624. The van der Waals surface area contributed by atoms with Gasteiger partial charge in [-0.2, -0.15) is 0 Å². The minimum atomic E-state index is -0.411. The van der Waals surface area contributed by atoms with Crippen LogP contribution in [-0.2, 0) is 10.3 Å². The quantitative estimate of drug-likeness (QED) is 0.655. The van der Waals surface area contributed by atoms with E-state index in [-0.39, 0.29) is 5.54 Å². The fourth-order valence-electron chi connectivity index (χ4n) is 1.97. The third kappa shape index (κ3) is 3.52. The van der Waals surface area contributed by atoms with Gasteiger partial charge in [0.15, 0.2) is 0 Å². The molecule has 0 unspecified atom stereocenters. The number of esters is 1. The minimum absolute atomic E-state index is 0.320. The summed E-state index contributed by atoms with van der Waals surface area (Å²) in [5, 5.41) is 6.28. The standard InChI is InChI=1S/C15H19N3O2S/c1-4-20-13(19)11-9-10(5-6-12(11)16)18-15(2,3)14-17-7-8-21-14/h5-9,18H,4,16H2,1-3H3. The average molecular weight is 305 g/mol. The number of thiazole rings is 1. The topological polar surface area (TPSA) is 77.2 Å². The van der Waals surface area contributed by atoms with Crippen molar-refractivity contribution in [2.24, 2.45) is 0 Å². The maximum atomic E-state index is 11.9. The second kappa shape index (κ2) is 6.13. The molecule has 0 spiro atoms. The summed E-state index contributed by atoms with van der Waals surface area (Å²) in [5.41, 5.74) is 7.08. The van der Waals surface area contributed by atoms with Crippen LogP contribution in [0.25, 0.3) is 0 Å². The smallest absolute Gasteiger partial charge is 0.340 e. The highest BCUT2D eigenvalue weighted by molar-refractivity contribution is 7.09. The lowest BCUT2D eigenvalue weighted by Gasteiger charge is -2.25. The zero-order valence-electron chi connectivity index (χ0n) is 12.3. The molecule has 0 radical (unpaired) electrons. The molecule has 2 rings (SSSR count). The molecular weight excluding hydrogens is 286 g/mol. The molecule has 0 aliphatic heterocycles. The molecule has 0 saturated heterocycles. The van der Waals surface area contributed by atoms with Gasteiger partial charge in [-0.25, -0.2) is 9.78 Å². The van der Waals surface area contributed by atoms with E-state index < -0.39 is 5.97 Å². The van der Waals surface area contributed by atoms with E-state index in [0.29, 0.717) is 17.9 Å².